The van der Waals surface area contributed by atoms with Crippen molar-refractivity contribution < 1.29 is 24.2 Å². The molecule has 0 saturated carbocycles. The molecule has 3 N–H and O–H groups in total. The number of amides is 2. The Hall–Kier alpha value is -4.13. The lowest BCUT2D eigenvalue weighted by atomic mass is 9.98. The third-order valence-corrected chi connectivity index (χ3v) is 5.13. The number of alkyl carbamates (subject to hydrolysis) is 1. The maximum Gasteiger partial charge on any atom is 0.407 e. The number of nitrogens with one attached hydrogen (secondary N) is 2. The fraction of sp³-hybridized carbons (Fsp3) is 0.125. The molecule has 2 amide bonds. The number of rotatable bonds is 6. The normalized spacial score (nSPS) is 11.9. The van der Waals surface area contributed by atoms with Gasteiger partial charge in [0.1, 0.15) is 13.2 Å². The molecule has 156 valence electrons. The molecule has 3 aromatic rings. The van der Waals surface area contributed by atoms with Crippen LogP contribution < -0.4 is 10.6 Å². The van der Waals surface area contributed by atoms with Crippen molar-refractivity contribution in [1.29, 1.82) is 0 Å². The number of hydrogen-bond donors (Lipinski definition) is 3. The number of hydrogen-bond acceptors (Lipinski definition) is 4. The largest absolute Gasteiger partial charge is 0.478 e. The summed E-state index contributed by atoms with van der Waals surface area (Å²) >= 11 is 0. The van der Waals surface area contributed by atoms with Crippen LogP contribution in [0.3, 0.4) is 0 Å². The Kier molecular flexibility index (Phi) is 5.66. The zero-order valence-electron chi connectivity index (χ0n) is 16.5. The van der Waals surface area contributed by atoms with Crippen LogP contribution in [-0.4, -0.2) is 36.2 Å². The summed E-state index contributed by atoms with van der Waals surface area (Å²) in [6.07, 6.45) is -0.698. The number of aromatic carboxylic acids is 1. The number of ether oxygens (including phenoxy) is 1. The van der Waals surface area contributed by atoms with Gasteiger partial charge in [0.2, 0.25) is 5.91 Å². The Bertz CT molecular complexity index is 1110. The highest BCUT2D eigenvalue weighted by Gasteiger charge is 2.29. The van der Waals surface area contributed by atoms with Gasteiger partial charge in [0.05, 0.1) is 5.56 Å². The van der Waals surface area contributed by atoms with Crippen molar-refractivity contribution in [2.24, 2.45) is 0 Å². The smallest absolute Gasteiger partial charge is 0.407 e. The molecular weight excluding hydrogens is 396 g/mol. The molecule has 7 nitrogen and oxygen atoms in total. The van der Waals surface area contributed by atoms with Gasteiger partial charge in [-0.25, -0.2) is 9.59 Å². The van der Waals surface area contributed by atoms with E-state index in [4.69, 9.17) is 9.84 Å². The predicted octanol–water partition coefficient (Wildman–Crippen LogP) is 3.86. The molecular formula is C24H20N2O5. The van der Waals surface area contributed by atoms with E-state index >= 15 is 0 Å². The van der Waals surface area contributed by atoms with Gasteiger partial charge in [-0.1, -0.05) is 54.6 Å². The van der Waals surface area contributed by atoms with E-state index in [1.807, 2.05) is 36.4 Å². The van der Waals surface area contributed by atoms with E-state index in [-0.39, 0.29) is 24.6 Å². The highest BCUT2D eigenvalue weighted by molar-refractivity contribution is 5.95. The van der Waals surface area contributed by atoms with E-state index in [9.17, 15) is 14.4 Å². The number of carbonyl (C=O) groups is 3. The fourth-order valence-corrected chi connectivity index (χ4v) is 3.74. The average Bonchev–Trinajstić information content (AvgIpc) is 3.10. The maximum atomic E-state index is 12.1. The average molecular weight is 416 g/mol. The number of carboxylic acid groups (broad SMARTS) is 1. The standard InChI is InChI=1S/C24H20N2O5/c27-22(26-16-7-5-6-15(12-16)23(28)29)13-25-24(30)31-14-21-19-10-3-1-8-17(19)18-9-2-4-11-20(18)21/h1-12,21H,13-14H2,(H,25,30)(H,26,27)(H,28,29). The van der Waals surface area contributed by atoms with Gasteiger partial charge in [-0.2, -0.15) is 0 Å². The first kappa shape index (κ1) is 20.2. The SMILES string of the molecule is O=C(CNC(=O)OCC1c2ccccc2-c2ccccc21)Nc1cccc(C(=O)O)c1. The molecule has 0 aromatic heterocycles. The van der Waals surface area contributed by atoms with Crippen LogP contribution in [0.4, 0.5) is 10.5 Å². The zero-order valence-corrected chi connectivity index (χ0v) is 16.5. The molecule has 0 atom stereocenters. The quantitative estimate of drug-likeness (QED) is 0.566. The van der Waals surface area contributed by atoms with Crippen LogP contribution in [0.2, 0.25) is 0 Å². The molecule has 1 aliphatic rings. The van der Waals surface area contributed by atoms with E-state index in [0.717, 1.165) is 22.3 Å². The van der Waals surface area contributed by atoms with E-state index < -0.39 is 18.0 Å². The second kappa shape index (κ2) is 8.71. The first-order chi connectivity index (χ1) is 15.0. The topological polar surface area (TPSA) is 105 Å². The number of fused-ring (bicyclic) bond motifs is 3. The summed E-state index contributed by atoms with van der Waals surface area (Å²) in [5, 5.41) is 14.0. The first-order valence-corrected chi connectivity index (χ1v) is 9.75. The fourth-order valence-electron chi connectivity index (χ4n) is 3.74. The van der Waals surface area contributed by atoms with Gasteiger partial charge < -0.3 is 20.5 Å². The van der Waals surface area contributed by atoms with Gasteiger partial charge in [0.15, 0.2) is 0 Å². The van der Waals surface area contributed by atoms with Gasteiger partial charge in [-0.3, -0.25) is 4.79 Å². The summed E-state index contributed by atoms with van der Waals surface area (Å²) in [6.45, 7) is -0.143. The molecule has 31 heavy (non-hydrogen) atoms. The van der Waals surface area contributed by atoms with Crippen molar-refractivity contribution in [3.8, 4) is 11.1 Å². The molecule has 0 radical (unpaired) electrons. The van der Waals surface area contributed by atoms with Crippen LogP contribution in [0.5, 0.6) is 0 Å². The van der Waals surface area contributed by atoms with Crippen molar-refractivity contribution in [3.63, 3.8) is 0 Å². The molecule has 0 bridgehead atoms. The summed E-state index contributed by atoms with van der Waals surface area (Å²) in [7, 11) is 0. The summed E-state index contributed by atoms with van der Waals surface area (Å²) in [6, 6.07) is 21.9. The lowest BCUT2D eigenvalue weighted by Gasteiger charge is -2.14. The number of carboxylic acids is 1. The van der Waals surface area contributed by atoms with E-state index in [1.54, 1.807) is 6.07 Å². The Labute approximate surface area is 178 Å². The molecule has 0 aliphatic heterocycles. The van der Waals surface area contributed by atoms with Gasteiger partial charge in [0, 0.05) is 11.6 Å². The summed E-state index contributed by atoms with van der Waals surface area (Å²) in [5.74, 6) is -1.64. The first-order valence-electron chi connectivity index (χ1n) is 9.75. The lowest BCUT2D eigenvalue weighted by molar-refractivity contribution is -0.115. The highest BCUT2D eigenvalue weighted by Crippen LogP contribution is 2.44. The number of anilines is 1. The third kappa shape index (κ3) is 4.40. The molecule has 7 heteroatoms. The number of benzene rings is 3. The van der Waals surface area contributed by atoms with Crippen LogP contribution in [0.25, 0.3) is 11.1 Å². The van der Waals surface area contributed by atoms with Crippen LogP contribution in [-0.2, 0) is 9.53 Å². The van der Waals surface area contributed by atoms with Crippen LogP contribution >= 0.6 is 0 Å². The van der Waals surface area contributed by atoms with E-state index in [0.29, 0.717) is 5.69 Å². The molecule has 1 aliphatic carbocycles. The molecule has 0 saturated heterocycles. The Morgan fingerprint density at radius 3 is 2.16 bits per heavy atom. The van der Waals surface area contributed by atoms with Crippen molar-refractivity contribution in [2.45, 2.75) is 5.92 Å². The maximum absolute atomic E-state index is 12.1. The van der Waals surface area contributed by atoms with Crippen molar-refractivity contribution in [1.82, 2.24) is 5.32 Å². The zero-order chi connectivity index (χ0) is 21.8. The minimum Gasteiger partial charge on any atom is -0.478 e. The third-order valence-electron chi connectivity index (χ3n) is 5.13. The van der Waals surface area contributed by atoms with Gasteiger partial charge in [0.25, 0.3) is 0 Å². The second-order valence-electron chi connectivity index (χ2n) is 7.11. The van der Waals surface area contributed by atoms with Crippen LogP contribution in [0.1, 0.15) is 27.4 Å². The molecule has 0 fully saturated rings. The Morgan fingerprint density at radius 2 is 1.52 bits per heavy atom. The molecule has 3 aromatic carbocycles. The predicted molar refractivity (Wildman–Crippen MR) is 115 cm³/mol. The second-order valence-corrected chi connectivity index (χ2v) is 7.11. The molecule has 0 heterocycles. The molecule has 4 rings (SSSR count). The van der Waals surface area contributed by atoms with Crippen LogP contribution in [0.15, 0.2) is 72.8 Å². The number of carbonyl (C=O) groups excluding carboxylic acids is 2. The van der Waals surface area contributed by atoms with Gasteiger partial charge >= 0.3 is 12.1 Å². The lowest BCUT2D eigenvalue weighted by Crippen LogP contribution is -2.34. The van der Waals surface area contributed by atoms with Gasteiger partial charge in [-0.15, -0.1) is 0 Å². The Morgan fingerprint density at radius 1 is 0.871 bits per heavy atom. The molecule has 0 spiro atoms. The minimum absolute atomic E-state index is 0.0577. The molecule has 0 unspecified atom stereocenters. The summed E-state index contributed by atoms with van der Waals surface area (Å²) < 4.78 is 5.38. The van der Waals surface area contributed by atoms with E-state index in [1.165, 1.54) is 18.2 Å². The highest BCUT2D eigenvalue weighted by atomic mass is 16.5. The van der Waals surface area contributed by atoms with Crippen molar-refractivity contribution >= 4 is 23.7 Å². The Balaban J connectivity index is 1.31. The summed E-state index contributed by atoms with van der Waals surface area (Å²) in [5.41, 5.74) is 4.87. The monoisotopic (exact) mass is 416 g/mol. The van der Waals surface area contributed by atoms with Crippen LogP contribution in [0, 0.1) is 0 Å². The van der Waals surface area contributed by atoms with Crippen molar-refractivity contribution in [3.05, 3.63) is 89.5 Å². The van der Waals surface area contributed by atoms with Gasteiger partial charge in [-0.05, 0) is 40.5 Å². The van der Waals surface area contributed by atoms with Crippen molar-refractivity contribution in [2.75, 3.05) is 18.5 Å². The minimum atomic E-state index is -1.09. The summed E-state index contributed by atoms with van der Waals surface area (Å²) in [4.78, 5) is 35.2. The van der Waals surface area contributed by atoms with E-state index in [2.05, 4.69) is 22.8 Å².